The van der Waals surface area contributed by atoms with Gasteiger partial charge in [-0.25, -0.2) is 8.42 Å². The van der Waals surface area contributed by atoms with Crippen molar-refractivity contribution in [3.63, 3.8) is 0 Å². The van der Waals surface area contributed by atoms with Crippen LogP contribution in [0.15, 0.2) is 60.7 Å². The van der Waals surface area contributed by atoms with Gasteiger partial charge in [0.25, 0.3) is 0 Å². The SMILES string of the molecule is O=S(=O)(Cc1ccccc1)N1CCCC1c1nnc(COc2ccccc2)s1. The number of aromatic nitrogens is 2. The lowest BCUT2D eigenvalue weighted by Crippen LogP contribution is -2.31. The van der Waals surface area contributed by atoms with Crippen LogP contribution in [-0.2, 0) is 22.4 Å². The first-order chi connectivity index (χ1) is 13.6. The maximum Gasteiger partial charge on any atom is 0.218 e. The van der Waals surface area contributed by atoms with Gasteiger partial charge >= 0.3 is 0 Å². The monoisotopic (exact) mass is 415 g/mol. The average molecular weight is 416 g/mol. The Kier molecular flexibility index (Phi) is 5.70. The third-order valence-corrected chi connectivity index (χ3v) is 7.47. The largest absolute Gasteiger partial charge is 0.486 e. The van der Waals surface area contributed by atoms with E-state index in [1.807, 2.05) is 60.7 Å². The number of rotatable bonds is 7. The molecule has 1 aliphatic rings. The number of hydrogen-bond donors (Lipinski definition) is 0. The highest BCUT2D eigenvalue weighted by Crippen LogP contribution is 2.36. The summed E-state index contributed by atoms with van der Waals surface area (Å²) in [5.74, 6) is 0.778. The minimum absolute atomic E-state index is 0.00706. The molecule has 146 valence electrons. The fraction of sp³-hybridized carbons (Fsp3) is 0.300. The van der Waals surface area contributed by atoms with Crippen molar-refractivity contribution in [2.45, 2.75) is 31.2 Å². The van der Waals surface area contributed by atoms with Crippen molar-refractivity contribution in [1.29, 1.82) is 0 Å². The van der Waals surface area contributed by atoms with Crippen LogP contribution in [0.3, 0.4) is 0 Å². The van der Waals surface area contributed by atoms with Crippen molar-refractivity contribution < 1.29 is 13.2 Å². The number of hydrogen-bond acceptors (Lipinski definition) is 6. The summed E-state index contributed by atoms with van der Waals surface area (Å²) in [6.45, 7) is 0.848. The highest BCUT2D eigenvalue weighted by molar-refractivity contribution is 7.88. The van der Waals surface area contributed by atoms with Crippen molar-refractivity contribution in [1.82, 2.24) is 14.5 Å². The Morgan fingerprint density at radius 1 is 1.04 bits per heavy atom. The number of para-hydroxylation sites is 1. The predicted molar refractivity (Wildman–Crippen MR) is 108 cm³/mol. The van der Waals surface area contributed by atoms with Gasteiger partial charge in [0.2, 0.25) is 10.0 Å². The molecule has 2 aromatic carbocycles. The Morgan fingerprint density at radius 2 is 1.75 bits per heavy atom. The number of benzene rings is 2. The zero-order valence-corrected chi connectivity index (χ0v) is 16.9. The van der Waals surface area contributed by atoms with Crippen molar-refractivity contribution >= 4 is 21.4 Å². The molecule has 0 bridgehead atoms. The highest BCUT2D eigenvalue weighted by atomic mass is 32.2. The summed E-state index contributed by atoms with van der Waals surface area (Å²) >= 11 is 1.42. The number of sulfonamides is 1. The van der Waals surface area contributed by atoms with E-state index in [0.29, 0.717) is 13.2 Å². The molecule has 4 rings (SSSR count). The van der Waals surface area contributed by atoms with Crippen LogP contribution in [0.5, 0.6) is 5.75 Å². The minimum Gasteiger partial charge on any atom is -0.486 e. The predicted octanol–water partition coefficient (Wildman–Crippen LogP) is 3.78. The lowest BCUT2D eigenvalue weighted by molar-refractivity contribution is 0.304. The zero-order valence-electron chi connectivity index (χ0n) is 15.3. The van der Waals surface area contributed by atoms with Crippen molar-refractivity contribution in [2.75, 3.05) is 6.54 Å². The van der Waals surface area contributed by atoms with E-state index < -0.39 is 10.0 Å². The molecule has 1 aliphatic heterocycles. The van der Waals surface area contributed by atoms with Crippen LogP contribution in [-0.4, -0.2) is 29.5 Å². The van der Waals surface area contributed by atoms with E-state index in [0.717, 1.165) is 34.2 Å². The third-order valence-electron chi connectivity index (χ3n) is 4.63. The zero-order chi connectivity index (χ0) is 19.4. The molecule has 1 saturated heterocycles. The molecule has 1 unspecified atom stereocenters. The molecule has 1 fully saturated rings. The Hall–Kier alpha value is -2.29. The number of nitrogens with zero attached hydrogens (tertiary/aromatic N) is 3. The quantitative estimate of drug-likeness (QED) is 0.587. The standard InChI is InChI=1S/C20H21N3O3S2/c24-28(25,15-16-8-3-1-4-9-16)23-13-7-12-18(23)20-22-21-19(27-20)14-26-17-10-5-2-6-11-17/h1-6,8-11,18H,7,12-15H2. The molecular formula is C20H21N3O3S2. The molecule has 0 N–H and O–H groups in total. The summed E-state index contributed by atoms with van der Waals surface area (Å²) < 4.78 is 33.2. The van der Waals surface area contributed by atoms with E-state index in [-0.39, 0.29) is 11.8 Å². The Bertz CT molecular complexity index is 1010. The molecule has 1 atom stereocenters. The highest BCUT2D eigenvalue weighted by Gasteiger charge is 2.37. The lowest BCUT2D eigenvalue weighted by atomic mass is 10.2. The first-order valence-electron chi connectivity index (χ1n) is 9.15. The van der Waals surface area contributed by atoms with Gasteiger partial charge in [0.15, 0.2) is 5.01 Å². The van der Waals surface area contributed by atoms with E-state index in [2.05, 4.69) is 10.2 Å². The van der Waals surface area contributed by atoms with Crippen molar-refractivity contribution in [2.24, 2.45) is 0 Å². The molecule has 28 heavy (non-hydrogen) atoms. The van der Waals surface area contributed by atoms with E-state index >= 15 is 0 Å². The molecule has 0 saturated carbocycles. The van der Waals surface area contributed by atoms with E-state index in [9.17, 15) is 8.42 Å². The van der Waals surface area contributed by atoms with Gasteiger partial charge in [0.05, 0.1) is 11.8 Å². The van der Waals surface area contributed by atoms with Crippen LogP contribution < -0.4 is 4.74 Å². The molecule has 2 heterocycles. The van der Waals surface area contributed by atoms with Crippen molar-refractivity contribution in [3.05, 3.63) is 76.2 Å². The maximum atomic E-state index is 13.0. The summed E-state index contributed by atoms with van der Waals surface area (Å²) in [5, 5.41) is 9.94. The first-order valence-corrected chi connectivity index (χ1v) is 11.6. The second-order valence-electron chi connectivity index (χ2n) is 6.65. The van der Waals surface area contributed by atoms with Crippen LogP contribution >= 0.6 is 11.3 Å². The maximum absolute atomic E-state index is 13.0. The minimum atomic E-state index is -3.42. The second kappa shape index (κ2) is 8.38. The summed E-state index contributed by atoms with van der Waals surface area (Å²) in [6.07, 6.45) is 1.59. The molecular weight excluding hydrogens is 394 g/mol. The smallest absolute Gasteiger partial charge is 0.218 e. The van der Waals surface area contributed by atoms with Gasteiger partial charge in [-0.3, -0.25) is 0 Å². The van der Waals surface area contributed by atoms with Crippen LogP contribution in [0.25, 0.3) is 0 Å². The van der Waals surface area contributed by atoms with Gasteiger partial charge in [0, 0.05) is 6.54 Å². The van der Waals surface area contributed by atoms with Gasteiger partial charge < -0.3 is 4.74 Å². The van der Waals surface area contributed by atoms with Crippen LogP contribution in [0, 0.1) is 0 Å². The van der Waals surface area contributed by atoms with Gasteiger partial charge in [0.1, 0.15) is 17.4 Å². The van der Waals surface area contributed by atoms with Crippen LogP contribution in [0.4, 0.5) is 0 Å². The van der Waals surface area contributed by atoms with E-state index in [1.54, 1.807) is 4.31 Å². The fourth-order valence-corrected chi connectivity index (χ4v) is 6.06. The lowest BCUT2D eigenvalue weighted by Gasteiger charge is -2.22. The van der Waals surface area contributed by atoms with Gasteiger partial charge in [-0.15, -0.1) is 10.2 Å². The van der Waals surface area contributed by atoms with Crippen LogP contribution in [0.2, 0.25) is 0 Å². The van der Waals surface area contributed by atoms with Gasteiger partial charge in [-0.2, -0.15) is 4.31 Å². The summed E-state index contributed by atoms with van der Waals surface area (Å²) in [6, 6.07) is 18.6. The van der Waals surface area contributed by atoms with Gasteiger partial charge in [-0.05, 0) is 30.5 Å². The normalized spacial score (nSPS) is 17.6. The third kappa shape index (κ3) is 4.40. The second-order valence-corrected chi connectivity index (χ2v) is 9.66. The van der Waals surface area contributed by atoms with Crippen LogP contribution in [0.1, 0.15) is 34.5 Å². The van der Waals surface area contributed by atoms with Crippen molar-refractivity contribution in [3.8, 4) is 5.75 Å². The molecule has 0 aliphatic carbocycles. The molecule has 0 spiro atoms. The molecule has 8 heteroatoms. The summed E-state index contributed by atoms with van der Waals surface area (Å²) in [5.41, 5.74) is 0.794. The first kappa shape index (κ1) is 19.0. The summed E-state index contributed by atoms with van der Waals surface area (Å²) in [4.78, 5) is 0. The van der Waals surface area contributed by atoms with E-state index in [4.69, 9.17) is 4.74 Å². The Morgan fingerprint density at radius 3 is 2.50 bits per heavy atom. The van der Waals surface area contributed by atoms with Gasteiger partial charge in [-0.1, -0.05) is 59.9 Å². The summed E-state index contributed by atoms with van der Waals surface area (Å²) in [7, 11) is -3.42. The Balaban J connectivity index is 1.45. The number of ether oxygens (including phenoxy) is 1. The molecule has 0 radical (unpaired) electrons. The molecule has 6 nitrogen and oxygen atoms in total. The average Bonchev–Trinajstić information content (AvgIpc) is 3.37. The fourth-order valence-electron chi connectivity index (χ4n) is 3.31. The molecule has 3 aromatic rings. The molecule has 0 amide bonds. The van der Waals surface area contributed by atoms with E-state index in [1.165, 1.54) is 11.3 Å². The Labute approximate surface area is 168 Å². The molecule has 1 aromatic heterocycles. The topological polar surface area (TPSA) is 72.4 Å².